The Hall–Kier alpha value is -2.55. The zero-order valence-electron chi connectivity index (χ0n) is 9.55. The minimum Gasteiger partial charge on any atom is -0.478 e. The highest BCUT2D eigenvalue weighted by atomic mass is 16.4. The van der Waals surface area contributed by atoms with Crippen LogP contribution in [-0.2, 0) is 4.79 Å². The second-order valence-electron chi connectivity index (χ2n) is 4.13. The molecule has 0 unspecified atom stereocenters. The first kappa shape index (κ1) is 10.6. The van der Waals surface area contributed by atoms with Crippen LogP contribution in [0.4, 0.5) is 0 Å². The molecule has 1 aliphatic rings. The van der Waals surface area contributed by atoms with Gasteiger partial charge in [-0.3, -0.25) is 0 Å². The van der Waals surface area contributed by atoms with Gasteiger partial charge in [-0.25, -0.2) is 4.79 Å². The van der Waals surface area contributed by atoms with Crippen LogP contribution >= 0.6 is 0 Å². The third kappa shape index (κ3) is 1.66. The molecule has 88 valence electrons. The van der Waals surface area contributed by atoms with Crippen LogP contribution in [0.3, 0.4) is 0 Å². The minimum atomic E-state index is -0.916. The highest BCUT2D eigenvalue weighted by molar-refractivity contribution is 5.92. The quantitative estimate of drug-likeness (QED) is 0.785. The average Bonchev–Trinajstić information content (AvgIpc) is 2.77. The normalized spacial score (nSPS) is 22.3. The third-order valence-corrected chi connectivity index (χ3v) is 3.04. The van der Waals surface area contributed by atoms with Crippen LogP contribution in [-0.4, -0.2) is 16.1 Å². The molecule has 3 rings (SSSR count). The van der Waals surface area contributed by atoms with E-state index in [2.05, 4.69) is 4.98 Å². The van der Waals surface area contributed by atoms with Gasteiger partial charge in [0.05, 0.1) is 5.57 Å². The molecule has 0 saturated heterocycles. The molecule has 0 aliphatic heterocycles. The number of nitrogens with one attached hydrogen (secondary N) is 1. The summed E-state index contributed by atoms with van der Waals surface area (Å²) in [5.74, 6) is -0.916. The summed E-state index contributed by atoms with van der Waals surface area (Å²) in [5.41, 5.74) is 1.33. The van der Waals surface area contributed by atoms with Crippen LogP contribution in [0.1, 0.15) is 0 Å². The molecular formula is C15H11NO2. The number of H-pyrrole nitrogens is 1. The Morgan fingerprint density at radius 1 is 1.11 bits per heavy atom. The van der Waals surface area contributed by atoms with Crippen LogP contribution in [0.2, 0.25) is 0 Å². The third-order valence-electron chi connectivity index (χ3n) is 3.04. The van der Waals surface area contributed by atoms with Crippen molar-refractivity contribution < 1.29 is 9.90 Å². The Balaban J connectivity index is 2.40. The Kier molecular flexibility index (Phi) is 2.38. The van der Waals surface area contributed by atoms with E-state index in [4.69, 9.17) is 5.11 Å². The number of hydrogen-bond donors (Lipinski definition) is 2. The van der Waals surface area contributed by atoms with Gasteiger partial charge in [-0.1, -0.05) is 24.3 Å². The van der Waals surface area contributed by atoms with Gasteiger partial charge in [-0.15, -0.1) is 0 Å². The van der Waals surface area contributed by atoms with E-state index in [-0.39, 0.29) is 5.57 Å². The summed E-state index contributed by atoms with van der Waals surface area (Å²) in [4.78, 5) is 14.1. The molecule has 0 saturated carbocycles. The van der Waals surface area contributed by atoms with Gasteiger partial charge in [0, 0.05) is 17.1 Å². The fourth-order valence-electron chi connectivity index (χ4n) is 2.13. The van der Waals surface area contributed by atoms with Gasteiger partial charge in [-0.2, -0.15) is 0 Å². The predicted molar refractivity (Wildman–Crippen MR) is 71.3 cm³/mol. The summed E-state index contributed by atoms with van der Waals surface area (Å²) >= 11 is 0. The summed E-state index contributed by atoms with van der Waals surface area (Å²) in [5, 5.41) is 12.2. The molecule has 1 aromatic carbocycles. The number of carboxylic acids is 1. The molecule has 2 aromatic rings. The molecule has 1 heterocycles. The minimum absolute atomic E-state index is 0.282. The summed E-state index contributed by atoms with van der Waals surface area (Å²) in [6.07, 6.45) is 10.7. The molecule has 1 aliphatic carbocycles. The van der Waals surface area contributed by atoms with Gasteiger partial charge >= 0.3 is 5.97 Å². The molecule has 0 fully saturated rings. The number of aromatic nitrogens is 1. The van der Waals surface area contributed by atoms with Crippen molar-refractivity contribution in [1.29, 1.82) is 0 Å². The van der Waals surface area contributed by atoms with Crippen molar-refractivity contribution in [2.24, 2.45) is 0 Å². The summed E-state index contributed by atoms with van der Waals surface area (Å²) < 4.78 is 0. The van der Waals surface area contributed by atoms with E-state index in [1.165, 1.54) is 0 Å². The van der Waals surface area contributed by atoms with Crippen molar-refractivity contribution in [2.75, 3.05) is 0 Å². The molecule has 3 heteroatoms. The SMILES string of the molecule is O=C(O)C1=C/C=c2\c(ccc3[nH]ccc23)=C/C=C\1. The Bertz CT molecular complexity index is 807. The fourth-order valence-corrected chi connectivity index (χ4v) is 2.13. The molecule has 2 N–H and O–H groups in total. The number of hydrogen-bond acceptors (Lipinski definition) is 1. The zero-order chi connectivity index (χ0) is 12.5. The number of benzene rings is 1. The molecule has 0 spiro atoms. The number of rotatable bonds is 1. The van der Waals surface area contributed by atoms with Gasteiger partial charge in [0.15, 0.2) is 0 Å². The van der Waals surface area contributed by atoms with Gasteiger partial charge in [0.2, 0.25) is 0 Å². The van der Waals surface area contributed by atoms with Crippen LogP contribution in [0.5, 0.6) is 0 Å². The van der Waals surface area contributed by atoms with Crippen molar-refractivity contribution >= 4 is 29.0 Å². The number of aliphatic carboxylic acids is 1. The van der Waals surface area contributed by atoms with E-state index >= 15 is 0 Å². The average molecular weight is 237 g/mol. The molecule has 0 atom stereocenters. The molecule has 3 nitrogen and oxygen atoms in total. The lowest BCUT2D eigenvalue weighted by molar-refractivity contribution is -0.132. The van der Waals surface area contributed by atoms with Crippen molar-refractivity contribution in [3.8, 4) is 0 Å². The first-order chi connectivity index (χ1) is 8.75. The lowest BCUT2D eigenvalue weighted by atomic mass is 10.1. The lowest BCUT2D eigenvalue weighted by Crippen LogP contribution is -2.24. The first-order valence-corrected chi connectivity index (χ1v) is 5.65. The largest absolute Gasteiger partial charge is 0.478 e. The van der Waals surface area contributed by atoms with Gasteiger partial charge in [-0.05, 0) is 34.7 Å². The van der Waals surface area contributed by atoms with Gasteiger partial charge < -0.3 is 10.1 Å². The van der Waals surface area contributed by atoms with Crippen molar-refractivity contribution in [3.63, 3.8) is 0 Å². The molecule has 18 heavy (non-hydrogen) atoms. The maximum atomic E-state index is 11.0. The molecule has 0 bridgehead atoms. The van der Waals surface area contributed by atoms with E-state index in [0.29, 0.717) is 0 Å². The van der Waals surface area contributed by atoms with Crippen LogP contribution < -0.4 is 10.4 Å². The zero-order valence-corrected chi connectivity index (χ0v) is 9.55. The van der Waals surface area contributed by atoms with E-state index in [0.717, 1.165) is 21.3 Å². The molecule has 0 radical (unpaired) electrons. The maximum Gasteiger partial charge on any atom is 0.335 e. The van der Waals surface area contributed by atoms with Crippen molar-refractivity contribution in [3.05, 3.63) is 58.6 Å². The summed E-state index contributed by atoms with van der Waals surface area (Å²) in [6.45, 7) is 0. The predicted octanol–water partition coefficient (Wildman–Crippen LogP) is 1.31. The van der Waals surface area contributed by atoms with Crippen LogP contribution in [0, 0.1) is 0 Å². The number of carboxylic acid groups (broad SMARTS) is 1. The van der Waals surface area contributed by atoms with Gasteiger partial charge in [0.25, 0.3) is 0 Å². The maximum absolute atomic E-state index is 11.0. The first-order valence-electron chi connectivity index (χ1n) is 5.65. The second-order valence-corrected chi connectivity index (χ2v) is 4.13. The Morgan fingerprint density at radius 3 is 2.83 bits per heavy atom. The highest BCUT2D eigenvalue weighted by Crippen LogP contribution is 2.06. The van der Waals surface area contributed by atoms with Crippen molar-refractivity contribution in [2.45, 2.75) is 0 Å². The Labute approximate surface area is 103 Å². The van der Waals surface area contributed by atoms with Crippen LogP contribution in [0.25, 0.3) is 23.1 Å². The molecular weight excluding hydrogens is 226 g/mol. The fraction of sp³-hybridized carbons (Fsp3) is 0. The van der Waals surface area contributed by atoms with E-state index in [1.807, 2.05) is 36.5 Å². The molecule has 1 aromatic heterocycles. The van der Waals surface area contributed by atoms with E-state index < -0.39 is 5.97 Å². The number of carbonyl (C=O) groups is 1. The van der Waals surface area contributed by atoms with Crippen molar-refractivity contribution in [1.82, 2.24) is 4.98 Å². The Morgan fingerprint density at radius 2 is 2.00 bits per heavy atom. The van der Waals surface area contributed by atoms with E-state index in [1.54, 1.807) is 18.2 Å². The smallest absolute Gasteiger partial charge is 0.335 e. The lowest BCUT2D eigenvalue weighted by Gasteiger charge is -1.98. The summed E-state index contributed by atoms with van der Waals surface area (Å²) in [6, 6.07) is 6.04. The topological polar surface area (TPSA) is 53.1 Å². The monoisotopic (exact) mass is 237 g/mol. The van der Waals surface area contributed by atoms with Crippen LogP contribution in [0.15, 0.2) is 48.2 Å². The standard InChI is InChI=1S/C15H11NO2/c17-15(18)11-3-1-2-10-5-7-14-13(8-9-16-14)12(10)6-4-11/h1-9,16H,(H,17,18)/b2-1?,3-1-,6-4?,10-2-,11-3?,11-4+,12-6+. The molecule has 0 amide bonds. The number of fused-ring (bicyclic) bond motifs is 3. The number of aromatic amines is 1. The highest BCUT2D eigenvalue weighted by Gasteiger charge is 2.03. The number of allylic oxidation sites excluding steroid dienone is 2. The second kappa shape index (κ2) is 4.04. The van der Waals surface area contributed by atoms with E-state index in [9.17, 15) is 4.79 Å². The van der Waals surface area contributed by atoms with Gasteiger partial charge in [0.1, 0.15) is 0 Å². The summed E-state index contributed by atoms with van der Waals surface area (Å²) in [7, 11) is 0.